The van der Waals surface area contributed by atoms with Gasteiger partial charge in [-0.25, -0.2) is 4.79 Å². The summed E-state index contributed by atoms with van der Waals surface area (Å²) in [4.78, 5) is 10.7. The summed E-state index contributed by atoms with van der Waals surface area (Å²) in [5.74, 6) is 1.02. The number of aromatic carboxylic acids is 1. The van der Waals surface area contributed by atoms with Crippen molar-refractivity contribution in [2.24, 2.45) is 0 Å². The van der Waals surface area contributed by atoms with Crippen LogP contribution in [0.1, 0.15) is 35.7 Å². The molecule has 0 aliphatic heterocycles. The van der Waals surface area contributed by atoms with E-state index in [1.165, 1.54) is 0 Å². The Balaban J connectivity index is 2.71. The fraction of sp³-hybridized carbons (Fsp3) is 0.500. The molecule has 14 heavy (non-hydrogen) atoms. The molecule has 1 N–H and O–H groups in total. The van der Waals surface area contributed by atoms with E-state index in [0.29, 0.717) is 11.0 Å². The molecule has 3 nitrogen and oxygen atoms in total. The van der Waals surface area contributed by atoms with Crippen molar-refractivity contribution in [2.45, 2.75) is 31.8 Å². The highest BCUT2D eigenvalue weighted by Crippen LogP contribution is 2.21. The van der Waals surface area contributed by atoms with E-state index in [-0.39, 0.29) is 5.56 Å². The summed E-state index contributed by atoms with van der Waals surface area (Å²) in [6.07, 6.45) is 0. The fourth-order valence-electron chi connectivity index (χ4n) is 1.08. The third-order valence-corrected chi connectivity index (χ3v) is 2.88. The van der Waals surface area contributed by atoms with Gasteiger partial charge in [-0.3, -0.25) is 0 Å². The van der Waals surface area contributed by atoms with Gasteiger partial charge in [-0.05, 0) is 18.2 Å². The van der Waals surface area contributed by atoms with Crippen LogP contribution in [0.25, 0.3) is 0 Å². The molecule has 0 aromatic carbocycles. The lowest BCUT2D eigenvalue weighted by molar-refractivity contribution is 0.0695. The van der Waals surface area contributed by atoms with Crippen LogP contribution in [0.4, 0.5) is 0 Å². The van der Waals surface area contributed by atoms with Gasteiger partial charge in [-0.15, -0.1) is 0 Å². The monoisotopic (exact) mass is 214 g/mol. The van der Waals surface area contributed by atoms with Gasteiger partial charge in [0.05, 0.1) is 5.75 Å². The smallest absolute Gasteiger partial charge is 0.339 e. The lowest BCUT2D eigenvalue weighted by Crippen LogP contribution is -1.95. The van der Waals surface area contributed by atoms with Crippen LogP contribution in [0.2, 0.25) is 0 Å². The number of furan rings is 1. The van der Waals surface area contributed by atoms with E-state index in [1.54, 1.807) is 24.8 Å². The van der Waals surface area contributed by atoms with Crippen LogP contribution in [0.3, 0.4) is 0 Å². The second-order valence-corrected chi connectivity index (χ2v) is 4.91. The molecular formula is C10H14O3S. The highest BCUT2D eigenvalue weighted by Gasteiger charge is 2.13. The van der Waals surface area contributed by atoms with Gasteiger partial charge in [0, 0.05) is 0 Å². The average Bonchev–Trinajstić information content (AvgIpc) is 2.43. The summed E-state index contributed by atoms with van der Waals surface area (Å²) in [5, 5.41) is 9.31. The second-order valence-electron chi connectivity index (χ2n) is 3.35. The van der Waals surface area contributed by atoms with Gasteiger partial charge in [-0.1, -0.05) is 13.8 Å². The number of hydrogen-bond acceptors (Lipinski definition) is 3. The zero-order valence-electron chi connectivity index (χ0n) is 8.53. The van der Waals surface area contributed by atoms with Crippen LogP contribution in [0.5, 0.6) is 0 Å². The molecule has 1 aromatic rings. The van der Waals surface area contributed by atoms with E-state index in [1.807, 2.05) is 0 Å². The van der Waals surface area contributed by atoms with Gasteiger partial charge in [0.25, 0.3) is 0 Å². The zero-order chi connectivity index (χ0) is 10.7. The highest BCUT2D eigenvalue weighted by atomic mass is 32.2. The minimum absolute atomic E-state index is 0.268. The predicted molar refractivity (Wildman–Crippen MR) is 56.8 cm³/mol. The molecule has 0 fully saturated rings. The van der Waals surface area contributed by atoms with Crippen molar-refractivity contribution in [1.82, 2.24) is 0 Å². The minimum Gasteiger partial charge on any atom is -0.478 e. The van der Waals surface area contributed by atoms with E-state index < -0.39 is 5.97 Å². The van der Waals surface area contributed by atoms with Crippen molar-refractivity contribution in [3.8, 4) is 0 Å². The molecule has 0 radical (unpaired) electrons. The quantitative estimate of drug-likeness (QED) is 0.837. The van der Waals surface area contributed by atoms with Crippen molar-refractivity contribution in [2.75, 3.05) is 0 Å². The zero-order valence-corrected chi connectivity index (χ0v) is 9.35. The van der Waals surface area contributed by atoms with Gasteiger partial charge < -0.3 is 9.52 Å². The normalized spacial score (nSPS) is 10.9. The molecule has 0 saturated carbocycles. The number of hydrogen-bond donors (Lipinski definition) is 1. The Kier molecular flexibility index (Phi) is 3.63. The van der Waals surface area contributed by atoms with E-state index >= 15 is 0 Å². The minimum atomic E-state index is -0.924. The summed E-state index contributed by atoms with van der Waals surface area (Å²) < 4.78 is 5.32. The number of carboxylic acids is 1. The Morgan fingerprint density at radius 3 is 2.71 bits per heavy atom. The van der Waals surface area contributed by atoms with Gasteiger partial charge in [0.1, 0.15) is 17.1 Å². The average molecular weight is 214 g/mol. The van der Waals surface area contributed by atoms with E-state index in [4.69, 9.17) is 9.52 Å². The maximum absolute atomic E-state index is 10.7. The first-order valence-corrected chi connectivity index (χ1v) is 5.49. The Bertz CT molecular complexity index is 328. The Hall–Kier alpha value is -0.900. The van der Waals surface area contributed by atoms with Gasteiger partial charge >= 0.3 is 5.97 Å². The molecule has 4 heteroatoms. The van der Waals surface area contributed by atoms with Crippen molar-refractivity contribution >= 4 is 17.7 Å². The first kappa shape index (κ1) is 11.2. The molecule has 0 unspecified atom stereocenters. The van der Waals surface area contributed by atoms with Crippen LogP contribution in [-0.4, -0.2) is 16.3 Å². The molecule has 0 amide bonds. The predicted octanol–water partition coefficient (Wildman–Crippen LogP) is 2.93. The number of carbonyl (C=O) groups is 1. The molecule has 0 aliphatic carbocycles. The molecule has 0 aliphatic rings. The van der Waals surface area contributed by atoms with Gasteiger partial charge in [0.2, 0.25) is 0 Å². The second kappa shape index (κ2) is 4.55. The van der Waals surface area contributed by atoms with Crippen LogP contribution in [-0.2, 0) is 5.75 Å². The van der Waals surface area contributed by atoms with Crippen LogP contribution < -0.4 is 0 Å². The molecule has 1 aromatic heterocycles. The van der Waals surface area contributed by atoms with Crippen molar-refractivity contribution in [3.05, 3.63) is 23.2 Å². The van der Waals surface area contributed by atoms with E-state index in [9.17, 15) is 4.79 Å². The molecule has 0 bridgehead atoms. The Labute approximate surface area is 87.5 Å². The van der Waals surface area contributed by atoms with E-state index in [2.05, 4.69) is 13.8 Å². The highest BCUT2D eigenvalue weighted by molar-refractivity contribution is 7.99. The molecular weight excluding hydrogens is 200 g/mol. The fourth-order valence-corrected chi connectivity index (χ4v) is 1.72. The summed E-state index contributed by atoms with van der Waals surface area (Å²) in [5.41, 5.74) is 0.268. The summed E-state index contributed by atoms with van der Waals surface area (Å²) >= 11 is 1.73. The Morgan fingerprint density at radius 1 is 1.64 bits per heavy atom. The number of rotatable bonds is 4. The third kappa shape index (κ3) is 2.80. The summed E-state index contributed by atoms with van der Waals surface area (Å²) in [6, 6.07) is 1.60. The molecule has 1 heterocycles. The maximum atomic E-state index is 10.7. The van der Waals surface area contributed by atoms with Crippen molar-refractivity contribution < 1.29 is 14.3 Å². The molecule has 0 saturated heterocycles. The molecule has 0 spiro atoms. The lowest BCUT2D eigenvalue weighted by atomic mass is 10.2. The van der Waals surface area contributed by atoms with Crippen molar-refractivity contribution in [1.29, 1.82) is 0 Å². The van der Waals surface area contributed by atoms with Crippen LogP contribution in [0.15, 0.2) is 10.5 Å². The van der Waals surface area contributed by atoms with Crippen LogP contribution in [0, 0.1) is 6.92 Å². The largest absolute Gasteiger partial charge is 0.478 e. The summed E-state index contributed by atoms with van der Waals surface area (Å²) in [6.45, 7) is 5.87. The standard InChI is InChI=1S/C10H14O3S/c1-6(2)14-5-8-4-9(10(11)12)7(3)13-8/h4,6H,5H2,1-3H3,(H,11,12). The SMILES string of the molecule is Cc1oc(CSC(C)C)cc1C(=O)O. The van der Waals surface area contributed by atoms with Crippen LogP contribution >= 0.6 is 11.8 Å². The van der Waals surface area contributed by atoms with Gasteiger partial charge in [-0.2, -0.15) is 11.8 Å². The maximum Gasteiger partial charge on any atom is 0.339 e. The third-order valence-electron chi connectivity index (χ3n) is 1.76. The van der Waals surface area contributed by atoms with E-state index in [0.717, 1.165) is 11.5 Å². The Morgan fingerprint density at radius 2 is 2.29 bits per heavy atom. The first-order valence-electron chi connectivity index (χ1n) is 4.45. The number of thioether (sulfide) groups is 1. The summed E-state index contributed by atoms with van der Waals surface area (Å²) in [7, 11) is 0. The number of carboxylic acid groups (broad SMARTS) is 1. The van der Waals surface area contributed by atoms with Crippen molar-refractivity contribution in [3.63, 3.8) is 0 Å². The topological polar surface area (TPSA) is 50.4 Å². The number of aryl methyl sites for hydroxylation is 1. The first-order chi connectivity index (χ1) is 6.50. The lowest BCUT2D eigenvalue weighted by Gasteiger charge is -2.00. The molecule has 78 valence electrons. The molecule has 1 rings (SSSR count). The molecule has 0 atom stereocenters. The van der Waals surface area contributed by atoms with Gasteiger partial charge in [0.15, 0.2) is 0 Å².